The minimum Gasteiger partial charge on any atom is -0.385 e. The van der Waals surface area contributed by atoms with Crippen LogP contribution in [0.5, 0.6) is 0 Å². The van der Waals surface area contributed by atoms with Crippen molar-refractivity contribution in [2.45, 2.75) is 12.5 Å². The zero-order valence-corrected chi connectivity index (χ0v) is 12.6. The second-order valence-electron chi connectivity index (χ2n) is 4.96. The van der Waals surface area contributed by atoms with Crippen LogP contribution in [-0.2, 0) is 19.1 Å². The number of amides is 3. The zero-order valence-electron chi connectivity index (χ0n) is 12.6. The summed E-state index contributed by atoms with van der Waals surface area (Å²) in [6, 6.07) is 6.34. The predicted molar refractivity (Wildman–Crippen MR) is 80.2 cm³/mol. The number of ether oxygens (including phenoxy) is 1. The second-order valence-corrected chi connectivity index (χ2v) is 4.96. The molecule has 0 saturated heterocycles. The number of methoxy groups -OCH3 is 1. The van der Waals surface area contributed by atoms with Gasteiger partial charge in [-0.05, 0) is 12.5 Å². The molecule has 0 aliphatic carbocycles. The predicted octanol–water partition coefficient (Wildman–Crippen LogP) is -0.0270. The highest BCUT2D eigenvalue weighted by Crippen LogP contribution is 2.34. The second kappa shape index (κ2) is 7.04. The van der Waals surface area contributed by atoms with Crippen molar-refractivity contribution in [1.29, 1.82) is 0 Å². The van der Waals surface area contributed by atoms with Gasteiger partial charge in [0.25, 0.3) is 5.91 Å². The standard InChI is InChI=1S/C15H19N3O4/c1-18-11-7-4-3-6-10(11)12(15(18)21)17-14(20)13(19)16-8-5-9-22-2/h3-4,6-7,12H,5,8-9H2,1-2H3,(H,16,19)(H,17,20)/t12-/m0/s1. The topological polar surface area (TPSA) is 87.7 Å². The summed E-state index contributed by atoms with van der Waals surface area (Å²) in [5, 5.41) is 4.97. The molecule has 0 spiro atoms. The van der Waals surface area contributed by atoms with E-state index in [0.29, 0.717) is 25.1 Å². The van der Waals surface area contributed by atoms with Gasteiger partial charge in [-0.25, -0.2) is 0 Å². The number of carbonyl (C=O) groups excluding carboxylic acids is 3. The maximum atomic E-state index is 12.2. The van der Waals surface area contributed by atoms with Crippen molar-refractivity contribution in [1.82, 2.24) is 10.6 Å². The van der Waals surface area contributed by atoms with E-state index in [1.165, 1.54) is 4.90 Å². The summed E-state index contributed by atoms with van der Waals surface area (Å²) < 4.78 is 4.85. The van der Waals surface area contributed by atoms with Crippen LogP contribution < -0.4 is 15.5 Å². The van der Waals surface area contributed by atoms with Gasteiger partial charge in [0, 0.05) is 38.6 Å². The molecule has 1 aliphatic heterocycles. The minimum absolute atomic E-state index is 0.262. The number of rotatable bonds is 5. The molecule has 7 heteroatoms. The van der Waals surface area contributed by atoms with Crippen molar-refractivity contribution >= 4 is 23.4 Å². The summed E-state index contributed by atoms with van der Waals surface area (Å²) in [5.41, 5.74) is 1.42. The summed E-state index contributed by atoms with van der Waals surface area (Å²) in [6.07, 6.45) is 0.615. The van der Waals surface area contributed by atoms with Crippen LogP contribution in [0.4, 0.5) is 5.69 Å². The van der Waals surface area contributed by atoms with Gasteiger partial charge in [-0.1, -0.05) is 18.2 Å². The van der Waals surface area contributed by atoms with Crippen LogP contribution in [0.3, 0.4) is 0 Å². The van der Waals surface area contributed by atoms with E-state index in [0.717, 1.165) is 5.69 Å². The molecule has 0 bridgehead atoms. The lowest BCUT2D eigenvalue weighted by atomic mass is 10.1. The molecule has 2 N–H and O–H groups in total. The smallest absolute Gasteiger partial charge is 0.310 e. The highest BCUT2D eigenvalue weighted by atomic mass is 16.5. The molecule has 0 aromatic heterocycles. The quantitative estimate of drug-likeness (QED) is 0.591. The Kier molecular flexibility index (Phi) is 5.11. The van der Waals surface area contributed by atoms with Crippen molar-refractivity contribution in [2.75, 3.05) is 32.2 Å². The minimum atomic E-state index is -0.821. The molecule has 3 amide bonds. The first-order valence-corrected chi connectivity index (χ1v) is 7.00. The molecule has 2 rings (SSSR count). The molecule has 1 aromatic carbocycles. The van der Waals surface area contributed by atoms with Crippen LogP contribution in [0.1, 0.15) is 18.0 Å². The Morgan fingerprint density at radius 1 is 1.27 bits per heavy atom. The molecule has 1 heterocycles. The van der Waals surface area contributed by atoms with E-state index in [1.807, 2.05) is 6.07 Å². The molecule has 118 valence electrons. The van der Waals surface area contributed by atoms with Gasteiger partial charge < -0.3 is 20.3 Å². The van der Waals surface area contributed by atoms with E-state index in [2.05, 4.69) is 10.6 Å². The zero-order chi connectivity index (χ0) is 16.1. The number of anilines is 1. The van der Waals surface area contributed by atoms with Gasteiger partial charge in [-0.3, -0.25) is 14.4 Å². The van der Waals surface area contributed by atoms with Gasteiger partial charge in [0.05, 0.1) is 0 Å². The summed E-state index contributed by atoms with van der Waals surface area (Å²) in [5.74, 6) is -1.83. The molecular weight excluding hydrogens is 286 g/mol. The van der Waals surface area contributed by atoms with Crippen molar-refractivity contribution in [3.8, 4) is 0 Å². The van der Waals surface area contributed by atoms with Gasteiger partial charge in [-0.15, -0.1) is 0 Å². The highest BCUT2D eigenvalue weighted by Gasteiger charge is 2.36. The van der Waals surface area contributed by atoms with Crippen molar-refractivity contribution in [3.63, 3.8) is 0 Å². The average molecular weight is 305 g/mol. The van der Waals surface area contributed by atoms with Gasteiger partial charge >= 0.3 is 11.8 Å². The van der Waals surface area contributed by atoms with Gasteiger partial charge in [0.15, 0.2) is 0 Å². The maximum Gasteiger partial charge on any atom is 0.310 e. The lowest BCUT2D eigenvalue weighted by Crippen LogP contribution is -2.44. The van der Waals surface area contributed by atoms with Crippen molar-refractivity contribution in [3.05, 3.63) is 29.8 Å². The molecule has 1 aliphatic rings. The molecule has 0 fully saturated rings. The van der Waals surface area contributed by atoms with E-state index in [4.69, 9.17) is 4.74 Å². The van der Waals surface area contributed by atoms with Crippen LogP contribution >= 0.6 is 0 Å². The van der Waals surface area contributed by atoms with E-state index in [1.54, 1.807) is 32.4 Å². The normalized spacial score (nSPS) is 16.4. The Balaban J connectivity index is 1.97. The number of hydrogen-bond donors (Lipinski definition) is 2. The van der Waals surface area contributed by atoms with Crippen molar-refractivity contribution in [2.24, 2.45) is 0 Å². The number of benzene rings is 1. The maximum absolute atomic E-state index is 12.2. The first kappa shape index (κ1) is 16.0. The van der Waals surface area contributed by atoms with Crippen LogP contribution in [-0.4, -0.2) is 45.0 Å². The fourth-order valence-electron chi connectivity index (χ4n) is 2.32. The van der Waals surface area contributed by atoms with Crippen LogP contribution in [0.25, 0.3) is 0 Å². The molecule has 1 aromatic rings. The molecular formula is C15H19N3O4. The van der Waals surface area contributed by atoms with E-state index < -0.39 is 17.9 Å². The Morgan fingerprint density at radius 2 is 2.00 bits per heavy atom. The largest absolute Gasteiger partial charge is 0.385 e. The summed E-state index contributed by atoms with van der Waals surface area (Å²) in [7, 11) is 3.20. The highest BCUT2D eigenvalue weighted by molar-refractivity contribution is 6.35. The van der Waals surface area contributed by atoms with Crippen molar-refractivity contribution < 1.29 is 19.1 Å². The Labute approximate surface area is 128 Å². The molecule has 1 atom stereocenters. The SMILES string of the molecule is COCCCNC(=O)C(=O)N[C@@H]1C(=O)N(C)c2ccccc21. The number of hydrogen-bond acceptors (Lipinski definition) is 4. The number of likely N-dealkylation sites (N-methyl/N-ethyl adjacent to an activating group) is 1. The van der Waals surface area contributed by atoms with E-state index >= 15 is 0 Å². The molecule has 0 radical (unpaired) electrons. The number of para-hydroxylation sites is 1. The Bertz CT molecular complexity index is 588. The third-order valence-corrected chi connectivity index (χ3v) is 3.48. The number of carbonyl (C=O) groups is 3. The monoisotopic (exact) mass is 305 g/mol. The first-order valence-electron chi connectivity index (χ1n) is 7.00. The molecule has 0 saturated carbocycles. The van der Waals surface area contributed by atoms with E-state index in [9.17, 15) is 14.4 Å². The molecule has 7 nitrogen and oxygen atoms in total. The van der Waals surface area contributed by atoms with Crippen LogP contribution in [0, 0.1) is 0 Å². The van der Waals surface area contributed by atoms with Gasteiger partial charge in [0.2, 0.25) is 0 Å². The molecule has 22 heavy (non-hydrogen) atoms. The lowest BCUT2D eigenvalue weighted by molar-refractivity contribution is -0.140. The first-order chi connectivity index (χ1) is 10.6. The van der Waals surface area contributed by atoms with Crippen LogP contribution in [0.2, 0.25) is 0 Å². The number of nitrogens with one attached hydrogen (secondary N) is 2. The Hall–Kier alpha value is -2.41. The summed E-state index contributed by atoms with van der Waals surface area (Å²) in [6.45, 7) is 0.844. The summed E-state index contributed by atoms with van der Waals surface area (Å²) in [4.78, 5) is 37.3. The fourth-order valence-corrected chi connectivity index (χ4v) is 2.32. The fraction of sp³-hybridized carbons (Fsp3) is 0.400. The third kappa shape index (κ3) is 3.25. The summed E-state index contributed by atoms with van der Waals surface area (Å²) >= 11 is 0. The van der Waals surface area contributed by atoms with Gasteiger partial charge in [0.1, 0.15) is 6.04 Å². The van der Waals surface area contributed by atoms with Crippen LogP contribution in [0.15, 0.2) is 24.3 Å². The lowest BCUT2D eigenvalue weighted by Gasteiger charge is -2.13. The Morgan fingerprint density at radius 3 is 2.73 bits per heavy atom. The van der Waals surface area contributed by atoms with Gasteiger partial charge in [-0.2, -0.15) is 0 Å². The van der Waals surface area contributed by atoms with E-state index in [-0.39, 0.29) is 5.91 Å². The average Bonchev–Trinajstić information content (AvgIpc) is 2.77. The number of nitrogens with zero attached hydrogens (tertiary/aromatic N) is 1. The number of fused-ring (bicyclic) bond motifs is 1. The third-order valence-electron chi connectivity index (χ3n) is 3.48. The molecule has 0 unspecified atom stereocenters.